The second-order valence-electron chi connectivity index (χ2n) is 4.53. The van der Waals surface area contributed by atoms with Crippen LogP contribution < -0.4 is 11.1 Å². The molecule has 1 aromatic rings. The van der Waals surface area contributed by atoms with E-state index in [4.69, 9.17) is 10.5 Å². The monoisotopic (exact) mass is 295 g/mol. The number of amides is 1. The summed E-state index contributed by atoms with van der Waals surface area (Å²) in [4.78, 5) is 22.6. The molecule has 21 heavy (non-hydrogen) atoms. The highest BCUT2D eigenvalue weighted by molar-refractivity contribution is 5.97. The number of anilines is 1. The zero-order chi connectivity index (χ0) is 16.0. The molecule has 0 saturated carbocycles. The Balaban J connectivity index is 3.51. The largest absolute Gasteiger partial charge is 0.383 e. The molecule has 0 atom stereocenters. The number of ether oxygens (including phenoxy) is 1. The third-order valence-corrected chi connectivity index (χ3v) is 3.28. The Hall–Kier alpha value is -2.15. The number of carbonyl (C=O) groups excluding carboxylic acids is 1. The Morgan fingerprint density at radius 3 is 2.52 bits per heavy atom. The van der Waals surface area contributed by atoms with E-state index in [0.717, 1.165) is 0 Å². The maximum Gasteiger partial charge on any atom is 0.296 e. The van der Waals surface area contributed by atoms with E-state index in [2.05, 4.69) is 5.32 Å². The van der Waals surface area contributed by atoms with Crippen LogP contribution in [0.25, 0.3) is 0 Å². The number of benzene rings is 1. The average Bonchev–Trinajstić information content (AvgIpc) is 2.45. The molecule has 7 heteroatoms. The Bertz CT molecular complexity index is 544. The SMILES string of the molecule is CCc1cc(C(N)=O)c(CC)c([N+](=O)[O-])c1NCCOC. The van der Waals surface area contributed by atoms with E-state index in [1.807, 2.05) is 6.92 Å². The summed E-state index contributed by atoms with van der Waals surface area (Å²) < 4.78 is 4.95. The summed E-state index contributed by atoms with van der Waals surface area (Å²) in [5.41, 5.74) is 7.01. The number of nitrogens with one attached hydrogen (secondary N) is 1. The Morgan fingerprint density at radius 1 is 1.43 bits per heavy atom. The number of rotatable bonds is 8. The first-order chi connectivity index (χ1) is 9.97. The van der Waals surface area contributed by atoms with Gasteiger partial charge in [0.15, 0.2) is 0 Å². The van der Waals surface area contributed by atoms with Gasteiger partial charge >= 0.3 is 0 Å². The molecular formula is C14H21N3O4. The molecule has 0 aliphatic rings. The summed E-state index contributed by atoms with van der Waals surface area (Å²) in [5.74, 6) is -0.645. The molecular weight excluding hydrogens is 274 g/mol. The van der Waals surface area contributed by atoms with Crippen molar-refractivity contribution >= 4 is 17.3 Å². The lowest BCUT2D eigenvalue weighted by atomic mass is 9.95. The Morgan fingerprint density at radius 2 is 2.10 bits per heavy atom. The van der Waals surface area contributed by atoms with E-state index in [1.165, 1.54) is 0 Å². The van der Waals surface area contributed by atoms with E-state index in [1.54, 1.807) is 20.1 Å². The number of nitro groups is 1. The van der Waals surface area contributed by atoms with Crippen molar-refractivity contribution in [2.75, 3.05) is 25.6 Å². The Labute approximate surface area is 123 Å². The molecule has 1 rings (SSSR count). The summed E-state index contributed by atoms with van der Waals surface area (Å²) in [6.07, 6.45) is 0.915. The van der Waals surface area contributed by atoms with Gasteiger partial charge in [-0.25, -0.2) is 0 Å². The van der Waals surface area contributed by atoms with Crippen molar-refractivity contribution < 1.29 is 14.5 Å². The van der Waals surface area contributed by atoms with E-state index in [9.17, 15) is 14.9 Å². The normalized spacial score (nSPS) is 10.4. The van der Waals surface area contributed by atoms with Gasteiger partial charge in [-0.2, -0.15) is 0 Å². The first kappa shape index (κ1) is 16.9. The van der Waals surface area contributed by atoms with Crippen molar-refractivity contribution in [1.29, 1.82) is 0 Å². The van der Waals surface area contributed by atoms with Crippen LogP contribution in [-0.4, -0.2) is 31.1 Å². The lowest BCUT2D eigenvalue weighted by Gasteiger charge is -2.16. The highest BCUT2D eigenvalue weighted by Crippen LogP contribution is 2.35. The van der Waals surface area contributed by atoms with Crippen LogP contribution in [0.4, 0.5) is 11.4 Å². The van der Waals surface area contributed by atoms with Crippen LogP contribution in [-0.2, 0) is 17.6 Å². The van der Waals surface area contributed by atoms with Crippen molar-refractivity contribution in [1.82, 2.24) is 0 Å². The number of hydrogen-bond acceptors (Lipinski definition) is 5. The van der Waals surface area contributed by atoms with Crippen LogP contribution in [0, 0.1) is 10.1 Å². The molecule has 0 spiro atoms. The molecule has 0 aliphatic carbocycles. The summed E-state index contributed by atoms with van der Waals surface area (Å²) >= 11 is 0. The van der Waals surface area contributed by atoms with Crippen LogP contribution in [0.15, 0.2) is 6.07 Å². The number of primary amides is 1. The summed E-state index contributed by atoms with van der Waals surface area (Å²) in [6.45, 7) is 4.51. The average molecular weight is 295 g/mol. The molecule has 0 saturated heterocycles. The van der Waals surface area contributed by atoms with Crippen molar-refractivity contribution in [2.24, 2.45) is 5.73 Å². The van der Waals surface area contributed by atoms with Gasteiger partial charge in [-0.1, -0.05) is 13.8 Å². The van der Waals surface area contributed by atoms with E-state index >= 15 is 0 Å². The molecule has 0 unspecified atom stereocenters. The van der Waals surface area contributed by atoms with Crippen molar-refractivity contribution in [2.45, 2.75) is 26.7 Å². The predicted octanol–water partition coefficient (Wildman–Crippen LogP) is 1.88. The van der Waals surface area contributed by atoms with Crippen LogP contribution in [0.2, 0.25) is 0 Å². The topological polar surface area (TPSA) is 107 Å². The van der Waals surface area contributed by atoms with Gasteiger partial charge < -0.3 is 15.8 Å². The number of aryl methyl sites for hydroxylation is 1. The number of nitro benzene ring substituents is 1. The van der Waals surface area contributed by atoms with Crippen LogP contribution in [0.1, 0.15) is 35.3 Å². The second kappa shape index (κ2) is 7.58. The number of nitrogens with zero attached hydrogens (tertiary/aromatic N) is 1. The quantitative estimate of drug-likeness (QED) is 0.432. The molecule has 0 aliphatic heterocycles. The van der Waals surface area contributed by atoms with Gasteiger partial charge in [0.05, 0.1) is 11.5 Å². The lowest BCUT2D eigenvalue weighted by molar-refractivity contribution is -0.384. The maximum absolute atomic E-state index is 11.6. The van der Waals surface area contributed by atoms with Gasteiger partial charge in [0, 0.05) is 24.8 Å². The van der Waals surface area contributed by atoms with E-state index < -0.39 is 10.8 Å². The number of methoxy groups -OCH3 is 1. The van der Waals surface area contributed by atoms with Gasteiger partial charge in [-0.3, -0.25) is 14.9 Å². The fraction of sp³-hybridized carbons (Fsp3) is 0.500. The minimum atomic E-state index is -0.645. The molecule has 1 aromatic carbocycles. The second-order valence-corrected chi connectivity index (χ2v) is 4.53. The zero-order valence-electron chi connectivity index (χ0n) is 12.6. The van der Waals surface area contributed by atoms with Crippen LogP contribution >= 0.6 is 0 Å². The van der Waals surface area contributed by atoms with Crippen LogP contribution in [0.3, 0.4) is 0 Å². The minimum Gasteiger partial charge on any atom is -0.383 e. The highest BCUT2D eigenvalue weighted by Gasteiger charge is 2.26. The fourth-order valence-corrected chi connectivity index (χ4v) is 2.30. The minimum absolute atomic E-state index is 0.0678. The predicted molar refractivity (Wildman–Crippen MR) is 80.7 cm³/mol. The third kappa shape index (κ3) is 3.69. The maximum atomic E-state index is 11.6. The van der Waals surface area contributed by atoms with E-state index in [0.29, 0.717) is 42.8 Å². The van der Waals surface area contributed by atoms with Gasteiger partial charge in [-0.05, 0) is 24.5 Å². The van der Waals surface area contributed by atoms with Gasteiger partial charge in [-0.15, -0.1) is 0 Å². The summed E-state index contributed by atoms with van der Waals surface area (Å²) in [6, 6.07) is 1.64. The van der Waals surface area contributed by atoms with E-state index in [-0.39, 0.29) is 11.3 Å². The first-order valence-corrected chi connectivity index (χ1v) is 6.83. The van der Waals surface area contributed by atoms with Gasteiger partial charge in [0.25, 0.3) is 5.69 Å². The molecule has 1 amide bonds. The molecule has 0 fully saturated rings. The smallest absolute Gasteiger partial charge is 0.296 e. The fourth-order valence-electron chi connectivity index (χ4n) is 2.30. The van der Waals surface area contributed by atoms with Gasteiger partial charge in [0.1, 0.15) is 5.69 Å². The molecule has 7 nitrogen and oxygen atoms in total. The summed E-state index contributed by atoms with van der Waals surface area (Å²) in [7, 11) is 1.56. The van der Waals surface area contributed by atoms with Crippen LogP contribution in [0.5, 0.6) is 0 Å². The molecule has 116 valence electrons. The third-order valence-electron chi connectivity index (χ3n) is 3.28. The lowest BCUT2D eigenvalue weighted by Crippen LogP contribution is -2.18. The number of nitrogens with two attached hydrogens (primary N) is 1. The van der Waals surface area contributed by atoms with Crippen molar-refractivity contribution in [3.05, 3.63) is 32.9 Å². The molecule has 3 N–H and O–H groups in total. The van der Waals surface area contributed by atoms with Crippen molar-refractivity contribution in [3.63, 3.8) is 0 Å². The molecule has 0 radical (unpaired) electrons. The Kier molecular flexibility index (Phi) is 6.10. The van der Waals surface area contributed by atoms with Crippen molar-refractivity contribution in [3.8, 4) is 0 Å². The van der Waals surface area contributed by atoms with Gasteiger partial charge in [0.2, 0.25) is 5.91 Å². The molecule has 0 aromatic heterocycles. The number of hydrogen-bond donors (Lipinski definition) is 2. The standard InChI is InChI=1S/C14H21N3O4/c1-4-9-8-11(14(15)18)10(5-2)13(17(19)20)12(9)16-6-7-21-3/h8,16H,4-7H2,1-3H3,(H2,15,18). The molecule has 0 heterocycles. The zero-order valence-corrected chi connectivity index (χ0v) is 12.6. The highest BCUT2D eigenvalue weighted by atomic mass is 16.6. The number of carbonyl (C=O) groups is 1. The first-order valence-electron chi connectivity index (χ1n) is 6.83. The summed E-state index contributed by atoms with van der Waals surface area (Å²) in [5, 5.41) is 14.5. The molecule has 0 bridgehead atoms.